The molecule has 0 saturated heterocycles. The summed E-state index contributed by atoms with van der Waals surface area (Å²) in [5.74, 6) is -1.36. The maximum Gasteiger partial charge on any atom is 0.262 e. The highest BCUT2D eigenvalue weighted by molar-refractivity contribution is 6.23. The van der Waals surface area contributed by atoms with Crippen molar-refractivity contribution in [3.8, 4) is 0 Å². The number of fused-ring (bicyclic) bond motifs is 1. The number of hydrogen-bond acceptors (Lipinski definition) is 5. The van der Waals surface area contributed by atoms with E-state index in [9.17, 15) is 14.4 Å². The fourth-order valence-electron chi connectivity index (χ4n) is 2.26. The van der Waals surface area contributed by atoms with E-state index in [1.54, 1.807) is 30.3 Å². The Hall–Kier alpha value is -3.09. The van der Waals surface area contributed by atoms with Crippen molar-refractivity contribution in [2.75, 3.05) is 5.32 Å². The van der Waals surface area contributed by atoms with Gasteiger partial charge < -0.3 is 0 Å². The molecule has 0 saturated carbocycles. The first-order chi connectivity index (χ1) is 10.6. The van der Waals surface area contributed by atoms with Crippen LogP contribution in [0, 0.1) is 0 Å². The van der Waals surface area contributed by atoms with Crippen LogP contribution in [0.15, 0.2) is 42.7 Å². The summed E-state index contributed by atoms with van der Waals surface area (Å²) in [5, 5.41) is 2.48. The van der Waals surface area contributed by atoms with Gasteiger partial charge in [0.05, 0.1) is 11.1 Å². The summed E-state index contributed by atoms with van der Waals surface area (Å²) in [4.78, 5) is 45.5. The van der Waals surface area contributed by atoms with E-state index in [0.29, 0.717) is 11.1 Å². The third-order valence-corrected chi connectivity index (χ3v) is 3.39. The van der Waals surface area contributed by atoms with Crippen molar-refractivity contribution in [2.45, 2.75) is 13.0 Å². The Bertz CT molecular complexity index is 725. The lowest BCUT2D eigenvalue weighted by atomic mass is 10.1. The first-order valence-corrected chi connectivity index (χ1v) is 6.64. The van der Waals surface area contributed by atoms with E-state index >= 15 is 0 Å². The summed E-state index contributed by atoms with van der Waals surface area (Å²) in [7, 11) is 0. The van der Waals surface area contributed by atoms with E-state index < -0.39 is 23.8 Å². The molecular formula is C15H12N4O3. The van der Waals surface area contributed by atoms with Crippen molar-refractivity contribution in [1.82, 2.24) is 14.9 Å². The number of nitrogens with zero attached hydrogens (tertiary/aromatic N) is 3. The van der Waals surface area contributed by atoms with Crippen LogP contribution in [0.1, 0.15) is 27.6 Å². The highest BCUT2D eigenvalue weighted by Gasteiger charge is 2.40. The lowest BCUT2D eigenvalue weighted by molar-refractivity contribution is -0.119. The molecule has 7 heteroatoms. The zero-order chi connectivity index (χ0) is 15.7. The molecule has 1 aliphatic rings. The molecule has 7 nitrogen and oxygen atoms in total. The number of hydrogen-bond donors (Lipinski definition) is 1. The highest BCUT2D eigenvalue weighted by atomic mass is 16.2. The van der Waals surface area contributed by atoms with Crippen LogP contribution in [0.25, 0.3) is 0 Å². The summed E-state index contributed by atoms with van der Waals surface area (Å²) in [6.45, 7) is 1.49. The van der Waals surface area contributed by atoms with Gasteiger partial charge in [0.1, 0.15) is 6.04 Å². The smallest absolute Gasteiger partial charge is 0.262 e. The molecule has 0 unspecified atom stereocenters. The minimum Gasteiger partial charge on any atom is -0.293 e. The van der Waals surface area contributed by atoms with Crippen LogP contribution in [0.5, 0.6) is 0 Å². The Balaban J connectivity index is 1.81. The van der Waals surface area contributed by atoms with E-state index in [1.165, 1.54) is 19.3 Å². The second-order valence-corrected chi connectivity index (χ2v) is 4.76. The average Bonchev–Trinajstić information content (AvgIpc) is 2.79. The number of carbonyl (C=O) groups excluding carboxylic acids is 3. The minimum atomic E-state index is -0.962. The average molecular weight is 296 g/mol. The van der Waals surface area contributed by atoms with Gasteiger partial charge in [-0.2, -0.15) is 0 Å². The molecule has 0 spiro atoms. The van der Waals surface area contributed by atoms with Gasteiger partial charge in [0.2, 0.25) is 11.9 Å². The molecule has 1 N–H and O–H groups in total. The lowest BCUT2D eigenvalue weighted by Gasteiger charge is -2.21. The topological polar surface area (TPSA) is 92.3 Å². The second-order valence-electron chi connectivity index (χ2n) is 4.76. The van der Waals surface area contributed by atoms with Crippen molar-refractivity contribution >= 4 is 23.7 Å². The molecule has 1 aliphatic heterocycles. The molecule has 0 fully saturated rings. The van der Waals surface area contributed by atoms with E-state index in [-0.39, 0.29) is 5.95 Å². The van der Waals surface area contributed by atoms with Crippen LogP contribution >= 0.6 is 0 Å². The number of imide groups is 1. The van der Waals surface area contributed by atoms with Crippen LogP contribution in [0.4, 0.5) is 5.95 Å². The number of amides is 3. The van der Waals surface area contributed by atoms with E-state index in [0.717, 1.165) is 4.90 Å². The zero-order valence-corrected chi connectivity index (χ0v) is 11.7. The Kier molecular flexibility index (Phi) is 3.38. The SMILES string of the molecule is C[C@@H](C(=O)Nc1ncccn1)N1C(=O)c2ccccc2C1=O. The maximum atomic E-state index is 12.3. The molecule has 1 atom stereocenters. The number of carbonyl (C=O) groups is 3. The first-order valence-electron chi connectivity index (χ1n) is 6.64. The summed E-state index contributed by atoms with van der Waals surface area (Å²) in [6, 6.07) is 7.15. The van der Waals surface area contributed by atoms with Crippen molar-refractivity contribution in [3.05, 3.63) is 53.9 Å². The summed E-state index contributed by atoms with van der Waals surface area (Å²) in [6.07, 6.45) is 2.96. The van der Waals surface area contributed by atoms with Gasteiger partial charge in [-0.25, -0.2) is 9.97 Å². The van der Waals surface area contributed by atoms with Gasteiger partial charge in [0.15, 0.2) is 0 Å². The van der Waals surface area contributed by atoms with Crippen LogP contribution in [-0.4, -0.2) is 38.6 Å². The molecule has 1 aromatic carbocycles. The zero-order valence-electron chi connectivity index (χ0n) is 11.7. The van der Waals surface area contributed by atoms with Crippen molar-refractivity contribution < 1.29 is 14.4 Å². The molecule has 2 heterocycles. The number of nitrogens with one attached hydrogen (secondary N) is 1. The Morgan fingerprint density at radius 2 is 1.59 bits per heavy atom. The molecule has 0 bridgehead atoms. The molecule has 3 rings (SSSR count). The van der Waals surface area contributed by atoms with Crippen LogP contribution < -0.4 is 5.32 Å². The van der Waals surface area contributed by atoms with Gasteiger partial charge in [-0.3, -0.25) is 24.6 Å². The fraction of sp³-hybridized carbons (Fsp3) is 0.133. The number of aromatic nitrogens is 2. The molecule has 2 aromatic rings. The van der Waals surface area contributed by atoms with Crippen LogP contribution in [0.3, 0.4) is 0 Å². The monoisotopic (exact) mass is 296 g/mol. The van der Waals surface area contributed by atoms with E-state index in [1.807, 2.05) is 0 Å². The molecular weight excluding hydrogens is 284 g/mol. The van der Waals surface area contributed by atoms with Gasteiger partial charge in [0, 0.05) is 12.4 Å². The Morgan fingerprint density at radius 1 is 1.05 bits per heavy atom. The van der Waals surface area contributed by atoms with Crippen LogP contribution in [0.2, 0.25) is 0 Å². The molecule has 0 radical (unpaired) electrons. The second kappa shape index (κ2) is 5.36. The molecule has 3 amide bonds. The summed E-state index contributed by atoms with van der Waals surface area (Å²) < 4.78 is 0. The van der Waals surface area contributed by atoms with Gasteiger partial charge in [0.25, 0.3) is 11.8 Å². The van der Waals surface area contributed by atoms with Gasteiger partial charge in [-0.1, -0.05) is 12.1 Å². The van der Waals surface area contributed by atoms with Crippen molar-refractivity contribution in [3.63, 3.8) is 0 Å². The third kappa shape index (κ3) is 2.22. The van der Waals surface area contributed by atoms with Crippen LogP contribution in [-0.2, 0) is 4.79 Å². The highest BCUT2D eigenvalue weighted by Crippen LogP contribution is 2.24. The third-order valence-electron chi connectivity index (χ3n) is 3.39. The standard InChI is InChI=1S/C15H12N4O3/c1-9(12(20)18-15-16-7-4-8-17-15)19-13(21)10-5-2-3-6-11(10)14(19)22/h2-9H,1H3,(H,16,17,18,20)/t9-/m0/s1. The minimum absolute atomic E-state index is 0.121. The van der Waals surface area contributed by atoms with Crippen molar-refractivity contribution in [1.29, 1.82) is 0 Å². The molecule has 22 heavy (non-hydrogen) atoms. The van der Waals surface area contributed by atoms with Gasteiger partial charge in [-0.15, -0.1) is 0 Å². The molecule has 0 aliphatic carbocycles. The first kappa shape index (κ1) is 13.9. The van der Waals surface area contributed by atoms with E-state index in [2.05, 4.69) is 15.3 Å². The lowest BCUT2D eigenvalue weighted by Crippen LogP contribution is -2.45. The largest absolute Gasteiger partial charge is 0.293 e. The quantitative estimate of drug-likeness (QED) is 0.856. The maximum absolute atomic E-state index is 12.3. The summed E-state index contributed by atoms with van der Waals surface area (Å²) in [5.41, 5.74) is 0.617. The molecule has 110 valence electrons. The normalized spacial score (nSPS) is 14.7. The Labute approximate surface area is 126 Å². The number of rotatable bonds is 3. The number of benzene rings is 1. The van der Waals surface area contributed by atoms with E-state index in [4.69, 9.17) is 0 Å². The molecule has 1 aromatic heterocycles. The van der Waals surface area contributed by atoms with Crippen molar-refractivity contribution in [2.24, 2.45) is 0 Å². The van der Waals surface area contributed by atoms with Gasteiger partial charge >= 0.3 is 0 Å². The Morgan fingerprint density at radius 3 is 2.14 bits per heavy atom. The predicted molar refractivity (Wildman–Crippen MR) is 77.1 cm³/mol. The fourth-order valence-corrected chi connectivity index (χ4v) is 2.26. The van der Waals surface area contributed by atoms with Gasteiger partial charge in [-0.05, 0) is 25.1 Å². The predicted octanol–water partition coefficient (Wildman–Crippen LogP) is 1.10. The number of anilines is 1. The summed E-state index contributed by atoms with van der Waals surface area (Å²) >= 11 is 0.